The Kier molecular flexibility index (Phi) is 6.54. The van der Waals surface area contributed by atoms with E-state index in [1.54, 1.807) is 6.92 Å². The Hall–Kier alpha value is -1.78. The fraction of sp³-hybridized carbons (Fsp3) is 0.381. The van der Waals surface area contributed by atoms with Crippen LogP contribution in [-0.4, -0.2) is 17.3 Å². The van der Waals surface area contributed by atoms with Crippen LogP contribution in [0.15, 0.2) is 59.5 Å². The van der Waals surface area contributed by atoms with E-state index in [-0.39, 0.29) is 5.91 Å². The topological polar surface area (TPSA) is 38.3 Å². The van der Waals surface area contributed by atoms with E-state index in [0.29, 0.717) is 11.9 Å². The van der Waals surface area contributed by atoms with Gasteiger partial charge in [0.15, 0.2) is 0 Å². The highest BCUT2D eigenvalue weighted by atomic mass is 32.2. The van der Waals surface area contributed by atoms with Gasteiger partial charge in [0.1, 0.15) is 6.10 Å². The first-order valence-electron chi connectivity index (χ1n) is 8.94. The molecule has 3 nitrogen and oxygen atoms in total. The Morgan fingerprint density at radius 2 is 1.80 bits per heavy atom. The number of nitrogens with one attached hydrogen (secondary N) is 1. The second-order valence-corrected chi connectivity index (χ2v) is 7.79. The molecule has 0 saturated heterocycles. The number of rotatable bonds is 7. The number of para-hydroxylation sites is 1. The van der Waals surface area contributed by atoms with Gasteiger partial charge in [-0.15, -0.1) is 11.8 Å². The van der Waals surface area contributed by atoms with Crippen LogP contribution in [0.2, 0.25) is 0 Å². The van der Waals surface area contributed by atoms with Crippen LogP contribution in [0.25, 0.3) is 0 Å². The lowest BCUT2D eigenvalue weighted by Crippen LogP contribution is -2.27. The van der Waals surface area contributed by atoms with E-state index in [9.17, 15) is 4.79 Å². The van der Waals surface area contributed by atoms with Gasteiger partial charge in [0.25, 0.3) is 5.91 Å². The van der Waals surface area contributed by atoms with Crippen molar-refractivity contribution in [3.05, 3.63) is 60.2 Å². The van der Waals surface area contributed by atoms with Crippen molar-refractivity contribution in [3.63, 3.8) is 0 Å². The van der Waals surface area contributed by atoms with Crippen molar-refractivity contribution in [2.75, 3.05) is 5.32 Å². The molecule has 2 aromatic carbocycles. The SMILES string of the molecule is CC(OCc1ccccc1)C(=O)Nc1ccccc1SC1CCCC1. The molecule has 1 aliphatic carbocycles. The molecule has 1 unspecified atom stereocenters. The molecule has 0 heterocycles. The minimum absolute atomic E-state index is 0.101. The number of thioether (sulfide) groups is 1. The molecule has 0 bridgehead atoms. The summed E-state index contributed by atoms with van der Waals surface area (Å²) in [7, 11) is 0. The van der Waals surface area contributed by atoms with Gasteiger partial charge in [-0.1, -0.05) is 55.3 Å². The van der Waals surface area contributed by atoms with Crippen molar-refractivity contribution in [2.45, 2.75) is 55.5 Å². The van der Waals surface area contributed by atoms with E-state index >= 15 is 0 Å². The highest BCUT2D eigenvalue weighted by Crippen LogP contribution is 2.38. The van der Waals surface area contributed by atoms with E-state index in [1.165, 1.54) is 25.7 Å². The quantitative estimate of drug-likeness (QED) is 0.736. The molecule has 1 fully saturated rings. The van der Waals surface area contributed by atoms with Crippen molar-refractivity contribution in [2.24, 2.45) is 0 Å². The normalized spacial score (nSPS) is 15.9. The van der Waals surface area contributed by atoms with Gasteiger partial charge in [0.05, 0.1) is 12.3 Å². The molecule has 132 valence electrons. The van der Waals surface area contributed by atoms with Crippen molar-refractivity contribution in [1.82, 2.24) is 0 Å². The Bertz CT molecular complexity index is 683. The van der Waals surface area contributed by atoms with Gasteiger partial charge >= 0.3 is 0 Å². The highest BCUT2D eigenvalue weighted by molar-refractivity contribution is 8.00. The van der Waals surface area contributed by atoms with Crippen LogP contribution in [0, 0.1) is 0 Å². The van der Waals surface area contributed by atoms with E-state index < -0.39 is 6.10 Å². The number of benzene rings is 2. The lowest BCUT2D eigenvalue weighted by atomic mass is 10.2. The maximum absolute atomic E-state index is 12.5. The van der Waals surface area contributed by atoms with Crippen LogP contribution in [0.5, 0.6) is 0 Å². The summed E-state index contributed by atoms with van der Waals surface area (Å²) >= 11 is 1.89. The first kappa shape index (κ1) is 18.0. The smallest absolute Gasteiger partial charge is 0.253 e. The number of amides is 1. The maximum atomic E-state index is 12.5. The van der Waals surface area contributed by atoms with Crippen molar-refractivity contribution < 1.29 is 9.53 Å². The van der Waals surface area contributed by atoms with Crippen molar-refractivity contribution in [1.29, 1.82) is 0 Å². The Labute approximate surface area is 154 Å². The summed E-state index contributed by atoms with van der Waals surface area (Å²) < 4.78 is 5.72. The average Bonchev–Trinajstić information content (AvgIpc) is 3.15. The molecule has 0 aromatic heterocycles. The largest absolute Gasteiger partial charge is 0.364 e. The second kappa shape index (κ2) is 9.07. The number of ether oxygens (including phenoxy) is 1. The van der Waals surface area contributed by atoms with Crippen LogP contribution >= 0.6 is 11.8 Å². The Balaban J connectivity index is 1.56. The van der Waals surface area contributed by atoms with Gasteiger partial charge in [-0.3, -0.25) is 4.79 Å². The van der Waals surface area contributed by atoms with Crippen LogP contribution < -0.4 is 5.32 Å². The summed E-state index contributed by atoms with van der Waals surface area (Å²) in [5.41, 5.74) is 1.96. The molecule has 3 rings (SSSR count). The van der Waals surface area contributed by atoms with E-state index in [1.807, 2.05) is 60.3 Å². The molecule has 1 N–H and O–H groups in total. The summed E-state index contributed by atoms with van der Waals surface area (Å²) in [6.07, 6.45) is 4.67. The van der Waals surface area contributed by atoms with E-state index in [4.69, 9.17) is 4.74 Å². The number of hydrogen-bond acceptors (Lipinski definition) is 3. The van der Waals surface area contributed by atoms with Gasteiger partial charge in [0.2, 0.25) is 0 Å². The number of anilines is 1. The van der Waals surface area contributed by atoms with E-state index in [2.05, 4.69) is 11.4 Å². The van der Waals surface area contributed by atoms with Gasteiger partial charge in [-0.25, -0.2) is 0 Å². The van der Waals surface area contributed by atoms with Crippen molar-refractivity contribution in [3.8, 4) is 0 Å². The first-order valence-corrected chi connectivity index (χ1v) is 9.82. The summed E-state index contributed by atoms with van der Waals surface area (Å²) in [6.45, 7) is 2.24. The summed E-state index contributed by atoms with van der Waals surface area (Å²) in [5, 5.41) is 3.71. The molecular formula is C21H25NO2S. The van der Waals surface area contributed by atoms with Gasteiger partial charge in [-0.05, 0) is 37.5 Å². The standard InChI is InChI=1S/C21H25NO2S/c1-16(24-15-17-9-3-2-4-10-17)21(23)22-19-13-7-8-14-20(19)25-18-11-5-6-12-18/h2-4,7-10,13-14,16,18H,5-6,11-12,15H2,1H3,(H,22,23). The van der Waals surface area contributed by atoms with E-state index in [0.717, 1.165) is 16.1 Å². The number of carbonyl (C=O) groups is 1. The van der Waals surface area contributed by atoms with Gasteiger partial charge < -0.3 is 10.1 Å². The highest BCUT2D eigenvalue weighted by Gasteiger charge is 2.19. The molecule has 0 aliphatic heterocycles. The predicted molar refractivity (Wildman–Crippen MR) is 104 cm³/mol. The van der Waals surface area contributed by atoms with Crippen LogP contribution in [-0.2, 0) is 16.1 Å². The molecule has 0 spiro atoms. The molecule has 1 saturated carbocycles. The third-order valence-corrected chi connectivity index (χ3v) is 5.87. The first-order chi connectivity index (χ1) is 12.2. The third kappa shape index (κ3) is 5.35. The van der Waals surface area contributed by atoms with Crippen molar-refractivity contribution >= 4 is 23.4 Å². The molecule has 1 aliphatic rings. The predicted octanol–water partition coefficient (Wildman–Crippen LogP) is 5.27. The lowest BCUT2D eigenvalue weighted by molar-refractivity contribution is -0.127. The Morgan fingerprint density at radius 3 is 2.56 bits per heavy atom. The molecular weight excluding hydrogens is 330 g/mol. The summed E-state index contributed by atoms with van der Waals surface area (Å²) in [6, 6.07) is 18.0. The molecule has 25 heavy (non-hydrogen) atoms. The fourth-order valence-electron chi connectivity index (χ4n) is 2.96. The maximum Gasteiger partial charge on any atom is 0.253 e. The van der Waals surface area contributed by atoms with Gasteiger partial charge in [0, 0.05) is 10.1 Å². The molecule has 2 aromatic rings. The molecule has 1 atom stereocenters. The zero-order chi connectivity index (χ0) is 17.5. The minimum atomic E-state index is -0.496. The summed E-state index contributed by atoms with van der Waals surface area (Å²) in [4.78, 5) is 13.6. The summed E-state index contributed by atoms with van der Waals surface area (Å²) in [5.74, 6) is -0.101. The number of carbonyl (C=O) groups excluding carboxylic acids is 1. The lowest BCUT2D eigenvalue weighted by Gasteiger charge is -2.17. The van der Waals surface area contributed by atoms with Crippen LogP contribution in [0.1, 0.15) is 38.2 Å². The monoisotopic (exact) mass is 355 g/mol. The van der Waals surface area contributed by atoms with Crippen LogP contribution in [0.3, 0.4) is 0 Å². The molecule has 1 amide bonds. The fourth-order valence-corrected chi connectivity index (χ4v) is 4.30. The third-order valence-electron chi connectivity index (χ3n) is 4.45. The zero-order valence-corrected chi connectivity index (χ0v) is 15.4. The zero-order valence-electron chi connectivity index (χ0n) is 14.6. The molecule has 0 radical (unpaired) electrons. The second-order valence-electron chi connectivity index (χ2n) is 6.45. The van der Waals surface area contributed by atoms with Gasteiger partial charge in [-0.2, -0.15) is 0 Å². The number of hydrogen-bond donors (Lipinski definition) is 1. The Morgan fingerprint density at radius 1 is 1.12 bits per heavy atom. The minimum Gasteiger partial charge on any atom is -0.364 e. The molecule has 4 heteroatoms. The van der Waals surface area contributed by atoms with Crippen LogP contribution in [0.4, 0.5) is 5.69 Å². The average molecular weight is 356 g/mol.